The molecule has 0 saturated heterocycles. The molecule has 17 heavy (non-hydrogen) atoms. The Morgan fingerprint density at radius 1 is 1.53 bits per heavy atom. The molecule has 1 aromatic carbocycles. The third-order valence-electron chi connectivity index (χ3n) is 2.94. The molecule has 94 valence electrons. The number of halogens is 1. The second-order valence-corrected chi connectivity index (χ2v) is 5.24. The fourth-order valence-electron chi connectivity index (χ4n) is 1.46. The fraction of sp³-hybridized carbons (Fsp3) is 0.462. The van der Waals surface area contributed by atoms with E-state index in [0.717, 1.165) is 22.1 Å². The summed E-state index contributed by atoms with van der Waals surface area (Å²) in [4.78, 5) is 11.9. The van der Waals surface area contributed by atoms with Crippen LogP contribution in [0.4, 0.5) is 5.69 Å². The van der Waals surface area contributed by atoms with Gasteiger partial charge in [0.1, 0.15) is 0 Å². The third-order valence-corrected chi connectivity index (χ3v) is 3.63. The highest BCUT2D eigenvalue weighted by atomic mass is 79.9. The second-order valence-electron chi connectivity index (χ2n) is 4.38. The topological polar surface area (TPSA) is 55.1 Å². The molecule has 0 radical (unpaired) electrons. The molecule has 0 saturated carbocycles. The summed E-state index contributed by atoms with van der Waals surface area (Å²) in [5.41, 5.74) is 7.75. The van der Waals surface area contributed by atoms with E-state index in [2.05, 4.69) is 21.2 Å². The van der Waals surface area contributed by atoms with E-state index in [1.165, 1.54) is 0 Å². The van der Waals surface area contributed by atoms with Gasteiger partial charge >= 0.3 is 0 Å². The van der Waals surface area contributed by atoms with E-state index in [1.54, 1.807) is 0 Å². The smallest absolute Gasteiger partial charge is 0.241 e. The van der Waals surface area contributed by atoms with Crippen LogP contribution < -0.4 is 11.1 Å². The van der Waals surface area contributed by atoms with Crippen LogP contribution in [-0.2, 0) is 4.79 Å². The molecule has 0 fully saturated rings. The number of hydrogen-bond acceptors (Lipinski definition) is 2. The molecule has 1 amide bonds. The van der Waals surface area contributed by atoms with Crippen molar-refractivity contribution in [3.63, 3.8) is 0 Å². The molecule has 2 atom stereocenters. The number of benzene rings is 1. The minimum Gasteiger partial charge on any atom is -0.324 e. The average molecular weight is 299 g/mol. The van der Waals surface area contributed by atoms with Crippen LogP contribution in [0, 0.1) is 12.8 Å². The maximum absolute atomic E-state index is 11.9. The summed E-state index contributed by atoms with van der Waals surface area (Å²) in [7, 11) is 0. The van der Waals surface area contributed by atoms with E-state index in [1.807, 2.05) is 39.0 Å². The average Bonchev–Trinajstić information content (AvgIpc) is 2.31. The molecule has 0 aliphatic carbocycles. The summed E-state index contributed by atoms with van der Waals surface area (Å²) in [5.74, 6) is 0.0456. The van der Waals surface area contributed by atoms with E-state index in [0.29, 0.717) is 0 Å². The minimum absolute atomic E-state index is 0.134. The second kappa shape index (κ2) is 6.17. The van der Waals surface area contributed by atoms with E-state index in [9.17, 15) is 4.79 Å². The number of rotatable bonds is 4. The van der Waals surface area contributed by atoms with E-state index in [-0.39, 0.29) is 11.8 Å². The molecule has 0 aromatic heterocycles. The summed E-state index contributed by atoms with van der Waals surface area (Å²) in [6.07, 6.45) is 0.892. The lowest BCUT2D eigenvalue weighted by Crippen LogP contribution is -2.40. The number of amides is 1. The lowest BCUT2D eigenvalue weighted by molar-refractivity contribution is -0.118. The number of carbonyl (C=O) groups is 1. The lowest BCUT2D eigenvalue weighted by Gasteiger charge is -2.18. The molecular weight excluding hydrogens is 280 g/mol. The van der Waals surface area contributed by atoms with Crippen molar-refractivity contribution in [1.82, 2.24) is 0 Å². The Labute approximate surface area is 111 Å². The van der Waals surface area contributed by atoms with Gasteiger partial charge in [0.25, 0.3) is 0 Å². The minimum atomic E-state index is -0.465. The Hall–Kier alpha value is -0.870. The van der Waals surface area contributed by atoms with Gasteiger partial charge < -0.3 is 11.1 Å². The Morgan fingerprint density at radius 2 is 2.18 bits per heavy atom. The Balaban J connectivity index is 2.77. The van der Waals surface area contributed by atoms with Crippen LogP contribution in [0.5, 0.6) is 0 Å². The Kier molecular flexibility index (Phi) is 5.15. The molecule has 0 spiro atoms. The molecule has 1 aromatic rings. The highest BCUT2D eigenvalue weighted by molar-refractivity contribution is 9.10. The van der Waals surface area contributed by atoms with Gasteiger partial charge in [0, 0.05) is 4.47 Å². The van der Waals surface area contributed by atoms with Gasteiger partial charge in [-0.2, -0.15) is 0 Å². The van der Waals surface area contributed by atoms with Crippen molar-refractivity contribution in [1.29, 1.82) is 0 Å². The zero-order valence-electron chi connectivity index (χ0n) is 10.5. The standard InChI is InChI=1S/C13H19BrN2O/c1-4-9(3)12(15)13(17)16-11-7-8(2)5-6-10(11)14/h5-7,9,12H,4,15H2,1-3H3,(H,16,17)/t9-,12-/m0/s1. The summed E-state index contributed by atoms with van der Waals surface area (Å²) >= 11 is 3.41. The van der Waals surface area contributed by atoms with Crippen LogP contribution in [0.2, 0.25) is 0 Å². The normalized spacial score (nSPS) is 14.2. The van der Waals surface area contributed by atoms with Gasteiger partial charge in [-0.15, -0.1) is 0 Å². The number of nitrogens with two attached hydrogens (primary N) is 1. The fourth-order valence-corrected chi connectivity index (χ4v) is 1.81. The van der Waals surface area contributed by atoms with Crippen molar-refractivity contribution in [3.8, 4) is 0 Å². The van der Waals surface area contributed by atoms with Crippen molar-refractivity contribution in [2.75, 3.05) is 5.32 Å². The van der Waals surface area contributed by atoms with Crippen LogP contribution >= 0.6 is 15.9 Å². The first-order valence-electron chi connectivity index (χ1n) is 5.78. The van der Waals surface area contributed by atoms with Crippen LogP contribution in [0.1, 0.15) is 25.8 Å². The maximum atomic E-state index is 11.9. The molecule has 0 bridgehead atoms. The van der Waals surface area contributed by atoms with Crippen molar-refractivity contribution < 1.29 is 4.79 Å². The van der Waals surface area contributed by atoms with Crippen LogP contribution in [0.3, 0.4) is 0 Å². The molecule has 4 heteroatoms. The monoisotopic (exact) mass is 298 g/mol. The van der Waals surface area contributed by atoms with Gasteiger partial charge in [0.15, 0.2) is 0 Å². The maximum Gasteiger partial charge on any atom is 0.241 e. The lowest BCUT2D eigenvalue weighted by atomic mass is 9.99. The van der Waals surface area contributed by atoms with Gasteiger partial charge in [0.05, 0.1) is 11.7 Å². The molecule has 0 heterocycles. The molecular formula is C13H19BrN2O. The van der Waals surface area contributed by atoms with E-state index < -0.39 is 6.04 Å². The van der Waals surface area contributed by atoms with Crippen LogP contribution in [-0.4, -0.2) is 11.9 Å². The van der Waals surface area contributed by atoms with Crippen molar-refractivity contribution >= 4 is 27.5 Å². The van der Waals surface area contributed by atoms with Crippen molar-refractivity contribution in [2.45, 2.75) is 33.2 Å². The first kappa shape index (κ1) is 14.2. The summed E-state index contributed by atoms with van der Waals surface area (Å²) in [6, 6.07) is 5.35. The SMILES string of the molecule is CC[C@H](C)[C@H](N)C(=O)Nc1cc(C)ccc1Br. The Bertz CT molecular complexity index is 406. The molecule has 0 aliphatic rings. The highest BCUT2D eigenvalue weighted by Gasteiger charge is 2.19. The molecule has 0 unspecified atom stereocenters. The van der Waals surface area contributed by atoms with Crippen molar-refractivity contribution in [3.05, 3.63) is 28.2 Å². The third kappa shape index (κ3) is 3.82. The predicted molar refractivity (Wildman–Crippen MR) is 74.9 cm³/mol. The van der Waals surface area contributed by atoms with Gasteiger partial charge in [-0.3, -0.25) is 4.79 Å². The Morgan fingerprint density at radius 3 is 2.76 bits per heavy atom. The summed E-state index contributed by atoms with van der Waals surface area (Å²) in [5, 5.41) is 2.86. The largest absolute Gasteiger partial charge is 0.324 e. The van der Waals surface area contributed by atoms with Crippen molar-refractivity contribution in [2.24, 2.45) is 11.7 Å². The number of carbonyl (C=O) groups excluding carboxylic acids is 1. The molecule has 3 N–H and O–H groups in total. The number of hydrogen-bond donors (Lipinski definition) is 2. The van der Waals surface area contributed by atoms with Gasteiger partial charge in [-0.05, 0) is 46.5 Å². The van der Waals surface area contributed by atoms with Crippen LogP contribution in [0.25, 0.3) is 0 Å². The van der Waals surface area contributed by atoms with E-state index in [4.69, 9.17) is 5.73 Å². The number of anilines is 1. The van der Waals surface area contributed by atoms with Gasteiger partial charge in [-0.1, -0.05) is 26.3 Å². The zero-order valence-corrected chi connectivity index (χ0v) is 12.0. The first-order valence-corrected chi connectivity index (χ1v) is 6.57. The van der Waals surface area contributed by atoms with Gasteiger partial charge in [0.2, 0.25) is 5.91 Å². The van der Waals surface area contributed by atoms with Gasteiger partial charge in [-0.25, -0.2) is 0 Å². The summed E-state index contributed by atoms with van der Waals surface area (Å²) < 4.78 is 0.868. The highest BCUT2D eigenvalue weighted by Crippen LogP contribution is 2.23. The zero-order chi connectivity index (χ0) is 13.0. The first-order chi connectivity index (χ1) is 7.95. The number of aryl methyl sites for hydroxylation is 1. The molecule has 0 aliphatic heterocycles. The molecule has 1 rings (SSSR count). The predicted octanol–water partition coefficient (Wildman–Crippen LogP) is 3.07. The number of nitrogens with one attached hydrogen (secondary N) is 1. The van der Waals surface area contributed by atoms with Crippen LogP contribution in [0.15, 0.2) is 22.7 Å². The molecule has 3 nitrogen and oxygen atoms in total. The summed E-state index contributed by atoms with van der Waals surface area (Å²) in [6.45, 7) is 5.99. The quantitative estimate of drug-likeness (QED) is 0.897. The van der Waals surface area contributed by atoms with E-state index >= 15 is 0 Å².